The van der Waals surface area contributed by atoms with Crippen molar-refractivity contribution in [3.63, 3.8) is 0 Å². The summed E-state index contributed by atoms with van der Waals surface area (Å²) in [5, 5.41) is 9.23. The molecule has 2 rings (SSSR count). The zero-order valence-electron chi connectivity index (χ0n) is 12.1. The molecule has 0 amide bonds. The van der Waals surface area contributed by atoms with Crippen LogP contribution in [-0.4, -0.2) is 9.55 Å². The van der Waals surface area contributed by atoms with Crippen LogP contribution in [0.4, 0.5) is 5.82 Å². The van der Waals surface area contributed by atoms with Gasteiger partial charge < -0.3 is 10.3 Å². The molecule has 0 radical (unpaired) electrons. The smallest absolute Gasteiger partial charge is 0.131 e. The van der Waals surface area contributed by atoms with Crippen LogP contribution in [0.3, 0.4) is 0 Å². The van der Waals surface area contributed by atoms with Gasteiger partial charge in [-0.25, -0.2) is 4.98 Å². The zero-order valence-corrected chi connectivity index (χ0v) is 12.1. The molecule has 0 aliphatic rings. The molecule has 1 aromatic heterocycles. The summed E-state index contributed by atoms with van der Waals surface area (Å²) in [5.74, 6) is 1.67. The summed E-state index contributed by atoms with van der Waals surface area (Å²) < 4.78 is 2.08. The molecule has 104 valence electrons. The first kappa shape index (κ1) is 14.1. The van der Waals surface area contributed by atoms with Crippen LogP contribution in [0.25, 0.3) is 11.3 Å². The Bertz CT molecular complexity index is 634. The summed E-state index contributed by atoms with van der Waals surface area (Å²) in [5.41, 5.74) is 8.44. The Morgan fingerprint density at radius 1 is 1.25 bits per heavy atom. The molecule has 0 aliphatic carbocycles. The lowest BCUT2D eigenvalue weighted by molar-refractivity contribution is 0.637. The van der Waals surface area contributed by atoms with Gasteiger partial charge in [-0.1, -0.05) is 32.0 Å². The third-order valence-electron chi connectivity index (χ3n) is 3.31. The molecule has 2 aromatic rings. The number of benzene rings is 1. The predicted molar refractivity (Wildman–Crippen MR) is 81.1 cm³/mol. The molecule has 20 heavy (non-hydrogen) atoms. The van der Waals surface area contributed by atoms with E-state index in [1.807, 2.05) is 18.2 Å². The van der Waals surface area contributed by atoms with Crippen molar-refractivity contribution in [1.82, 2.24) is 9.55 Å². The molecular formula is C16H20N4. The number of nitrogens with two attached hydrogens (primary N) is 1. The highest BCUT2D eigenvalue weighted by atomic mass is 15.1. The van der Waals surface area contributed by atoms with Crippen molar-refractivity contribution in [3.05, 3.63) is 35.7 Å². The molecule has 0 spiro atoms. The van der Waals surface area contributed by atoms with Gasteiger partial charge in [0.05, 0.1) is 11.6 Å². The van der Waals surface area contributed by atoms with Crippen LogP contribution in [0, 0.1) is 11.3 Å². The second kappa shape index (κ2) is 6.25. The molecule has 0 atom stereocenters. The molecule has 0 aliphatic heterocycles. The highest BCUT2D eigenvalue weighted by molar-refractivity contribution is 5.76. The number of hydrogen-bond acceptors (Lipinski definition) is 3. The van der Waals surface area contributed by atoms with Crippen molar-refractivity contribution in [2.75, 3.05) is 5.73 Å². The maximum atomic E-state index is 9.23. The Morgan fingerprint density at radius 3 is 2.65 bits per heavy atom. The van der Waals surface area contributed by atoms with E-state index in [4.69, 9.17) is 5.73 Å². The summed E-state index contributed by atoms with van der Waals surface area (Å²) in [6, 6.07) is 9.68. The second-order valence-corrected chi connectivity index (χ2v) is 4.82. The molecule has 0 bridgehead atoms. The van der Waals surface area contributed by atoms with E-state index in [2.05, 4.69) is 29.5 Å². The SMILES string of the molecule is CCCc1nc(-c2ccccc2C#N)c(N)n1CCC. The molecule has 0 fully saturated rings. The van der Waals surface area contributed by atoms with Crippen molar-refractivity contribution < 1.29 is 0 Å². The molecule has 1 heterocycles. The summed E-state index contributed by atoms with van der Waals surface area (Å²) >= 11 is 0. The standard InChI is InChI=1S/C16H20N4/c1-3-7-14-19-15(16(18)20(14)10-4-2)13-9-6-5-8-12(13)11-17/h5-6,8-9H,3-4,7,10,18H2,1-2H3. The third kappa shape index (κ3) is 2.53. The largest absolute Gasteiger partial charge is 0.383 e. The monoisotopic (exact) mass is 268 g/mol. The fourth-order valence-electron chi connectivity index (χ4n) is 2.39. The van der Waals surface area contributed by atoms with Crippen LogP contribution in [0.15, 0.2) is 24.3 Å². The minimum Gasteiger partial charge on any atom is -0.383 e. The number of rotatable bonds is 5. The summed E-state index contributed by atoms with van der Waals surface area (Å²) in [6.07, 6.45) is 2.94. The molecule has 0 saturated heterocycles. The number of nitrogen functional groups attached to an aromatic ring is 1. The number of anilines is 1. The predicted octanol–water partition coefficient (Wildman–Crippen LogP) is 3.37. The van der Waals surface area contributed by atoms with Crippen molar-refractivity contribution in [2.24, 2.45) is 0 Å². The van der Waals surface area contributed by atoms with Crippen molar-refractivity contribution in [1.29, 1.82) is 5.26 Å². The number of hydrogen-bond donors (Lipinski definition) is 1. The second-order valence-electron chi connectivity index (χ2n) is 4.82. The number of imidazole rings is 1. The van der Waals surface area contributed by atoms with Crippen molar-refractivity contribution >= 4 is 5.82 Å². The van der Waals surface area contributed by atoms with Crippen LogP contribution < -0.4 is 5.73 Å². The Balaban J connectivity index is 2.57. The van der Waals surface area contributed by atoms with E-state index < -0.39 is 0 Å². The number of aryl methyl sites for hydroxylation is 1. The van der Waals surface area contributed by atoms with Crippen LogP contribution in [0.5, 0.6) is 0 Å². The summed E-state index contributed by atoms with van der Waals surface area (Å²) in [4.78, 5) is 4.68. The van der Waals surface area contributed by atoms with Gasteiger partial charge in [-0.3, -0.25) is 0 Å². The fourth-order valence-corrected chi connectivity index (χ4v) is 2.39. The molecule has 2 N–H and O–H groups in total. The quantitative estimate of drug-likeness (QED) is 0.904. The van der Waals surface area contributed by atoms with Gasteiger partial charge in [0.2, 0.25) is 0 Å². The summed E-state index contributed by atoms with van der Waals surface area (Å²) in [7, 11) is 0. The highest BCUT2D eigenvalue weighted by Gasteiger charge is 2.17. The van der Waals surface area contributed by atoms with Crippen LogP contribution in [0.1, 0.15) is 38.1 Å². The van der Waals surface area contributed by atoms with Crippen LogP contribution >= 0.6 is 0 Å². The van der Waals surface area contributed by atoms with Crippen LogP contribution in [0.2, 0.25) is 0 Å². The van der Waals surface area contributed by atoms with Gasteiger partial charge >= 0.3 is 0 Å². The van der Waals surface area contributed by atoms with E-state index >= 15 is 0 Å². The van der Waals surface area contributed by atoms with Crippen LogP contribution in [-0.2, 0) is 13.0 Å². The Kier molecular flexibility index (Phi) is 4.41. The van der Waals surface area contributed by atoms with Gasteiger partial charge in [0.25, 0.3) is 0 Å². The lowest BCUT2D eigenvalue weighted by Crippen LogP contribution is -2.06. The van der Waals surface area contributed by atoms with Crippen molar-refractivity contribution in [3.8, 4) is 17.3 Å². The van der Waals surface area contributed by atoms with Gasteiger partial charge in [0.15, 0.2) is 0 Å². The van der Waals surface area contributed by atoms with Gasteiger partial charge in [-0.15, -0.1) is 0 Å². The van der Waals surface area contributed by atoms with Gasteiger partial charge in [-0.2, -0.15) is 5.26 Å². The number of aromatic nitrogens is 2. The lowest BCUT2D eigenvalue weighted by atomic mass is 10.1. The Morgan fingerprint density at radius 2 is 2.00 bits per heavy atom. The van der Waals surface area contributed by atoms with E-state index in [-0.39, 0.29) is 0 Å². The van der Waals surface area contributed by atoms with E-state index in [1.54, 1.807) is 6.07 Å². The molecule has 4 heteroatoms. The highest BCUT2D eigenvalue weighted by Crippen LogP contribution is 2.29. The Hall–Kier alpha value is -2.28. The zero-order chi connectivity index (χ0) is 14.5. The first-order valence-electron chi connectivity index (χ1n) is 7.07. The van der Waals surface area contributed by atoms with E-state index in [0.717, 1.165) is 42.9 Å². The average Bonchev–Trinajstić information content (AvgIpc) is 2.77. The number of nitrogens with zero attached hydrogens (tertiary/aromatic N) is 3. The first-order chi connectivity index (χ1) is 9.72. The van der Waals surface area contributed by atoms with E-state index in [1.165, 1.54) is 0 Å². The summed E-state index contributed by atoms with van der Waals surface area (Å²) in [6.45, 7) is 5.12. The maximum absolute atomic E-state index is 9.23. The third-order valence-corrected chi connectivity index (χ3v) is 3.31. The molecule has 0 unspecified atom stereocenters. The topological polar surface area (TPSA) is 67.6 Å². The van der Waals surface area contributed by atoms with Gasteiger partial charge in [0, 0.05) is 18.5 Å². The maximum Gasteiger partial charge on any atom is 0.131 e. The molecule has 0 saturated carbocycles. The minimum absolute atomic E-state index is 0.614. The van der Waals surface area contributed by atoms with E-state index in [0.29, 0.717) is 11.4 Å². The molecular weight excluding hydrogens is 248 g/mol. The van der Waals surface area contributed by atoms with Gasteiger partial charge in [-0.05, 0) is 18.9 Å². The lowest BCUT2D eigenvalue weighted by Gasteiger charge is -2.07. The normalized spacial score (nSPS) is 10.4. The molecule has 4 nitrogen and oxygen atoms in total. The van der Waals surface area contributed by atoms with Gasteiger partial charge in [0.1, 0.15) is 17.3 Å². The average molecular weight is 268 g/mol. The van der Waals surface area contributed by atoms with E-state index in [9.17, 15) is 5.26 Å². The minimum atomic E-state index is 0.614. The molecule has 1 aromatic carbocycles. The fraction of sp³-hybridized carbons (Fsp3) is 0.375. The number of nitriles is 1. The first-order valence-corrected chi connectivity index (χ1v) is 7.07. The Labute approximate surface area is 119 Å². The van der Waals surface area contributed by atoms with Crippen molar-refractivity contribution in [2.45, 2.75) is 39.7 Å².